The summed E-state index contributed by atoms with van der Waals surface area (Å²) in [5, 5.41) is 0.537. The van der Waals surface area contributed by atoms with E-state index < -0.39 is 10.0 Å². The molecule has 2 aromatic rings. The Balaban J connectivity index is 2.05. The predicted molar refractivity (Wildman–Crippen MR) is 81.8 cm³/mol. The van der Waals surface area contributed by atoms with Crippen LogP contribution >= 0.6 is 11.6 Å². The van der Waals surface area contributed by atoms with Crippen molar-refractivity contribution in [2.75, 3.05) is 5.73 Å². The summed E-state index contributed by atoms with van der Waals surface area (Å²) in [7, 11) is -3.46. The molecule has 106 valence electrons. The van der Waals surface area contributed by atoms with Gasteiger partial charge in [0.05, 0.1) is 5.75 Å². The minimum Gasteiger partial charge on any atom is -0.398 e. The maximum absolute atomic E-state index is 12.0. The average Bonchev–Trinajstić information content (AvgIpc) is 2.40. The summed E-state index contributed by atoms with van der Waals surface area (Å²) in [5.41, 5.74) is 7.53. The Morgan fingerprint density at radius 2 is 1.60 bits per heavy atom. The molecule has 3 N–H and O–H groups in total. The highest BCUT2D eigenvalue weighted by Crippen LogP contribution is 2.16. The van der Waals surface area contributed by atoms with E-state index in [0.717, 1.165) is 5.56 Å². The molecule has 0 amide bonds. The van der Waals surface area contributed by atoms with Gasteiger partial charge in [-0.15, -0.1) is 0 Å². The number of rotatable bonds is 5. The van der Waals surface area contributed by atoms with E-state index in [2.05, 4.69) is 4.72 Å². The van der Waals surface area contributed by atoms with E-state index in [1.807, 2.05) is 6.07 Å². The van der Waals surface area contributed by atoms with Crippen molar-refractivity contribution >= 4 is 27.3 Å². The number of hydrogen-bond acceptors (Lipinski definition) is 3. The number of nitrogen functional groups attached to an aromatic ring is 1. The largest absolute Gasteiger partial charge is 0.398 e. The number of nitrogens with two attached hydrogens (primary N) is 1. The standard InChI is InChI=1S/C14H15ClN2O2S/c15-13-7-3-1-5-11(13)9-17-20(18,19)10-12-6-2-4-8-14(12)16/h1-8,17H,9-10,16H2. The van der Waals surface area contributed by atoms with Gasteiger partial charge >= 0.3 is 0 Å². The number of benzene rings is 2. The predicted octanol–water partition coefficient (Wildman–Crippen LogP) is 2.54. The Kier molecular flexibility index (Phi) is 4.65. The molecular weight excluding hydrogens is 296 g/mol. The maximum Gasteiger partial charge on any atom is 0.216 e. The van der Waals surface area contributed by atoms with Crippen molar-refractivity contribution in [3.05, 3.63) is 64.7 Å². The Labute approximate surface area is 123 Å². The van der Waals surface area contributed by atoms with Crippen molar-refractivity contribution in [2.24, 2.45) is 0 Å². The van der Waals surface area contributed by atoms with Crippen LogP contribution in [0.3, 0.4) is 0 Å². The zero-order chi connectivity index (χ0) is 14.6. The summed E-state index contributed by atoms with van der Waals surface area (Å²) in [5.74, 6) is -0.149. The normalized spacial score (nSPS) is 11.4. The van der Waals surface area contributed by atoms with Crippen molar-refractivity contribution in [1.29, 1.82) is 0 Å². The zero-order valence-electron chi connectivity index (χ0n) is 10.7. The highest BCUT2D eigenvalue weighted by molar-refractivity contribution is 7.88. The first-order valence-corrected chi connectivity index (χ1v) is 8.05. The molecule has 2 rings (SSSR count). The maximum atomic E-state index is 12.0. The summed E-state index contributed by atoms with van der Waals surface area (Å²) < 4.78 is 26.6. The molecule has 0 heterocycles. The van der Waals surface area contributed by atoms with Crippen molar-refractivity contribution < 1.29 is 8.42 Å². The number of hydrogen-bond donors (Lipinski definition) is 2. The van der Waals surface area contributed by atoms with Gasteiger partial charge in [0.25, 0.3) is 0 Å². The fourth-order valence-electron chi connectivity index (χ4n) is 1.75. The smallest absolute Gasteiger partial charge is 0.216 e. The fraction of sp³-hybridized carbons (Fsp3) is 0.143. The molecule has 0 bridgehead atoms. The number of nitrogens with one attached hydrogen (secondary N) is 1. The monoisotopic (exact) mass is 310 g/mol. The van der Waals surface area contributed by atoms with Crippen LogP contribution in [-0.4, -0.2) is 8.42 Å². The molecule has 0 atom stereocenters. The lowest BCUT2D eigenvalue weighted by atomic mass is 10.2. The fourth-order valence-corrected chi connectivity index (χ4v) is 3.10. The lowest BCUT2D eigenvalue weighted by Gasteiger charge is -2.09. The molecule has 0 radical (unpaired) electrons. The minimum atomic E-state index is -3.46. The molecule has 0 saturated heterocycles. The molecule has 2 aromatic carbocycles. The molecule has 0 aromatic heterocycles. The van der Waals surface area contributed by atoms with Gasteiger partial charge in [-0.25, -0.2) is 13.1 Å². The van der Waals surface area contributed by atoms with Crippen LogP contribution in [0.15, 0.2) is 48.5 Å². The quantitative estimate of drug-likeness (QED) is 0.834. The van der Waals surface area contributed by atoms with Crippen LogP contribution in [0.1, 0.15) is 11.1 Å². The third-order valence-electron chi connectivity index (χ3n) is 2.84. The van der Waals surface area contributed by atoms with E-state index >= 15 is 0 Å². The van der Waals surface area contributed by atoms with E-state index in [0.29, 0.717) is 16.3 Å². The first-order chi connectivity index (χ1) is 9.48. The second-order valence-corrected chi connectivity index (χ2v) is 6.58. The van der Waals surface area contributed by atoms with Gasteiger partial charge in [0.2, 0.25) is 10.0 Å². The number of para-hydroxylation sites is 1. The number of halogens is 1. The van der Waals surface area contributed by atoms with E-state index in [1.54, 1.807) is 42.5 Å². The van der Waals surface area contributed by atoms with Crippen LogP contribution in [0.4, 0.5) is 5.69 Å². The van der Waals surface area contributed by atoms with Crippen molar-refractivity contribution in [1.82, 2.24) is 4.72 Å². The van der Waals surface area contributed by atoms with Crippen LogP contribution < -0.4 is 10.5 Å². The molecule has 0 fully saturated rings. The first-order valence-electron chi connectivity index (χ1n) is 6.02. The molecule has 6 heteroatoms. The van der Waals surface area contributed by atoms with Gasteiger partial charge in [0.1, 0.15) is 0 Å². The van der Waals surface area contributed by atoms with E-state index in [-0.39, 0.29) is 12.3 Å². The number of sulfonamides is 1. The summed E-state index contributed by atoms with van der Waals surface area (Å²) in [6.07, 6.45) is 0. The van der Waals surface area contributed by atoms with Gasteiger partial charge in [0, 0.05) is 17.3 Å². The Morgan fingerprint density at radius 3 is 2.25 bits per heavy atom. The molecule has 20 heavy (non-hydrogen) atoms. The summed E-state index contributed by atoms with van der Waals surface area (Å²) in [6, 6.07) is 14.0. The van der Waals surface area contributed by atoms with E-state index in [4.69, 9.17) is 17.3 Å². The Morgan fingerprint density at radius 1 is 1.00 bits per heavy atom. The lowest BCUT2D eigenvalue weighted by molar-refractivity contribution is 0.580. The molecule has 4 nitrogen and oxygen atoms in total. The van der Waals surface area contributed by atoms with Gasteiger partial charge in [-0.1, -0.05) is 48.0 Å². The molecule has 0 aliphatic rings. The lowest BCUT2D eigenvalue weighted by Crippen LogP contribution is -2.25. The topological polar surface area (TPSA) is 72.2 Å². The molecule has 0 spiro atoms. The van der Waals surface area contributed by atoms with Crippen molar-refractivity contribution in [2.45, 2.75) is 12.3 Å². The highest BCUT2D eigenvalue weighted by atomic mass is 35.5. The summed E-state index contributed by atoms with van der Waals surface area (Å²) in [6.45, 7) is 0.161. The van der Waals surface area contributed by atoms with Gasteiger partial charge in [-0.05, 0) is 23.3 Å². The number of anilines is 1. The minimum absolute atomic E-state index is 0.149. The third kappa shape index (κ3) is 3.96. The second-order valence-electron chi connectivity index (χ2n) is 4.37. The van der Waals surface area contributed by atoms with Crippen molar-refractivity contribution in [3.8, 4) is 0 Å². The van der Waals surface area contributed by atoms with Gasteiger partial charge in [-0.3, -0.25) is 0 Å². The average molecular weight is 311 g/mol. The summed E-state index contributed by atoms with van der Waals surface area (Å²) >= 11 is 5.98. The van der Waals surface area contributed by atoms with E-state index in [9.17, 15) is 8.42 Å². The van der Waals surface area contributed by atoms with Crippen LogP contribution in [-0.2, 0) is 22.3 Å². The second kappa shape index (κ2) is 6.26. The van der Waals surface area contributed by atoms with Gasteiger partial charge < -0.3 is 5.73 Å². The molecular formula is C14H15ClN2O2S. The van der Waals surface area contributed by atoms with Gasteiger partial charge in [0.15, 0.2) is 0 Å². The van der Waals surface area contributed by atoms with Crippen LogP contribution in [0.5, 0.6) is 0 Å². The van der Waals surface area contributed by atoms with Crippen molar-refractivity contribution in [3.63, 3.8) is 0 Å². The highest BCUT2D eigenvalue weighted by Gasteiger charge is 2.13. The zero-order valence-corrected chi connectivity index (χ0v) is 12.3. The van der Waals surface area contributed by atoms with Gasteiger partial charge in [-0.2, -0.15) is 0 Å². The molecule has 0 unspecified atom stereocenters. The third-order valence-corrected chi connectivity index (χ3v) is 4.48. The first kappa shape index (κ1) is 14.8. The SMILES string of the molecule is Nc1ccccc1CS(=O)(=O)NCc1ccccc1Cl. The molecule has 0 saturated carbocycles. The Bertz CT molecular complexity index is 702. The van der Waals surface area contributed by atoms with Crippen LogP contribution in [0, 0.1) is 0 Å². The van der Waals surface area contributed by atoms with E-state index in [1.165, 1.54) is 0 Å². The van der Waals surface area contributed by atoms with Crippen LogP contribution in [0.25, 0.3) is 0 Å². The molecule has 0 aliphatic heterocycles. The Hall–Kier alpha value is -1.56. The summed E-state index contributed by atoms with van der Waals surface area (Å²) in [4.78, 5) is 0. The molecule has 0 aliphatic carbocycles. The van der Waals surface area contributed by atoms with Crippen LogP contribution in [0.2, 0.25) is 5.02 Å².